The van der Waals surface area contributed by atoms with Gasteiger partial charge >= 0.3 is 12.1 Å². The molecule has 10 nitrogen and oxygen atoms in total. The molecule has 0 heterocycles. The Labute approximate surface area is 217 Å². The molecule has 2 rings (SSSR count). The molecule has 38 heavy (non-hydrogen) atoms. The van der Waals surface area contributed by atoms with E-state index < -0.39 is 47.0 Å². The van der Waals surface area contributed by atoms with Crippen LogP contribution in [0.15, 0.2) is 48.6 Å². The number of esters is 1. The molecule has 0 amide bonds. The van der Waals surface area contributed by atoms with E-state index in [0.717, 1.165) is 12.1 Å². The van der Waals surface area contributed by atoms with Crippen molar-refractivity contribution < 1.29 is 52.7 Å². The fraction of sp³-hybridized carbons (Fsp3) is 0.560. The van der Waals surface area contributed by atoms with Crippen LogP contribution in [0.5, 0.6) is 5.75 Å². The molecule has 0 spiro atoms. The van der Waals surface area contributed by atoms with Gasteiger partial charge in [-0.05, 0) is 43.4 Å². The maximum absolute atomic E-state index is 12.8. The summed E-state index contributed by atoms with van der Waals surface area (Å²) in [4.78, 5) is 25.6. The molecule has 1 aliphatic carbocycles. The number of halogens is 3. The minimum absolute atomic E-state index is 0.0382. The van der Waals surface area contributed by atoms with Gasteiger partial charge in [0.15, 0.2) is 0 Å². The molecule has 0 saturated heterocycles. The van der Waals surface area contributed by atoms with E-state index in [4.69, 9.17) is 9.47 Å². The summed E-state index contributed by atoms with van der Waals surface area (Å²) in [5.41, 5.74) is -0.862. The summed E-state index contributed by atoms with van der Waals surface area (Å²) in [7, 11) is 0. The van der Waals surface area contributed by atoms with Gasteiger partial charge in [0.05, 0.1) is 17.8 Å². The molecule has 1 aromatic rings. The van der Waals surface area contributed by atoms with E-state index in [2.05, 4.69) is 4.84 Å². The molecule has 0 unspecified atom stereocenters. The van der Waals surface area contributed by atoms with Gasteiger partial charge < -0.3 is 29.6 Å². The molecular weight excluding hydrogens is 515 g/mol. The minimum atomic E-state index is -4.51. The third-order valence-corrected chi connectivity index (χ3v) is 5.92. The number of nitrogens with zero attached hydrogens (tertiary/aromatic N) is 1. The zero-order chi connectivity index (χ0) is 28.1. The Morgan fingerprint density at radius 1 is 1.21 bits per heavy atom. The maximum Gasteiger partial charge on any atom is 0.416 e. The van der Waals surface area contributed by atoms with Crippen molar-refractivity contribution in [2.24, 2.45) is 11.8 Å². The van der Waals surface area contributed by atoms with Gasteiger partial charge in [-0.25, -0.2) is 0 Å². The lowest BCUT2D eigenvalue weighted by molar-refractivity contribution is -0.757. The second kappa shape index (κ2) is 15.3. The minimum Gasteiger partial charge on any atom is -0.491 e. The lowest BCUT2D eigenvalue weighted by Gasteiger charge is -2.19. The molecule has 212 valence electrons. The quantitative estimate of drug-likeness (QED) is 0.0989. The van der Waals surface area contributed by atoms with Crippen molar-refractivity contribution in [1.29, 1.82) is 0 Å². The molecule has 0 radical (unpaired) electrons. The normalized spacial score (nSPS) is 22.6. The van der Waals surface area contributed by atoms with Crippen LogP contribution in [-0.4, -0.2) is 64.5 Å². The Morgan fingerprint density at radius 2 is 1.97 bits per heavy atom. The number of ether oxygens (including phenoxy) is 2. The average Bonchev–Trinajstić information content (AvgIpc) is 3.12. The highest BCUT2D eigenvalue weighted by molar-refractivity contribution is 5.69. The molecular formula is C25H32F3NO9. The highest BCUT2D eigenvalue weighted by Crippen LogP contribution is 2.36. The average molecular weight is 548 g/mol. The number of allylic oxidation sites excluding steroid dienone is 2. The molecule has 13 heteroatoms. The second-order valence-electron chi connectivity index (χ2n) is 8.78. The predicted octanol–water partition coefficient (Wildman–Crippen LogP) is 3.23. The van der Waals surface area contributed by atoms with Crippen molar-refractivity contribution in [3.63, 3.8) is 0 Å². The van der Waals surface area contributed by atoms with Crippen LogP contribution in [-0.2, 0) is 20.5 Å². The highest BCUT2D eigenvalue weighted by Gasteiger charge is 2.39. The van der Waals surface area contributed by atoms with Crippen molar-refractivity contribution in [3.8, 4) is 5.75 Å². The van der Waals surface area contributed by atoms with Crippen LogP contribution in [0.1, 0.15) is 37.7 Å². The molecule has 5 atom stereocenters. The predicted molar refractivity (Wildman–Crippen MR) is 127 cm³/mol. The fourth-order valence-electron chi connectivity index (χ4n) is 4.04. The number of aliphatic hydroxyl groups is 3. The number of unbranched alkanes of at least 4 members (excludes halogenated alkanes) is 1. The van der Waals surface area contributed by atoms with Crippen molar-refractivity contribution in [1.82, 2.24) is 0 Å². The third-order valence-electron chi connectivity index (χ3n) is 5.92. The first-order valence-corrected chi connectivity index (χ1v) is 12.1. The number of carbonyl (C=O) groups excluding carboxylic acids is 1. The first-order valence-electron chi connectivity index (χ1n) is 12.1. The molecule has 1 aliphatic rings. The molecule has 0 aromatic heterocycles. The van der Waals surface area contributed by atoms with Gasteiger partial charge in [-0.15, -0.1) is 10.1 Å². The summed E-state index contributed by atoms with van der Waals surface area (Å²) in [6.45, 7) is -0.832. The number of aliphatic hydroxyl groups excluding tert-OH is 3. The molecule has 1 aromatic carbocycles. The van der Waals surface area contributed by atoms with Crippen molar-refractivity contribution in [3.05, 3.63) is 64.2 Å². The van der Waals surface area contributed by atoms with E-state index >= 15 is 0 Å². The fourth-order valence-corrected chi connectivity index (χ4v) is 4.04. The maximum atomic E-state index is 12.8. The monoisotopic (exact) mass is 547 g/mol. The van der Waals surface area contributed by atoms with Crippen LogP contribution >= 0.6 is 0 Å². The Balaban J connectivity index is 1.75. The Bertz CT molecular complexity index is 954. The van der Waals surface area contributed by atoms with E-state index in [1.54, 1.807) is 6.08 Å². The van der Waals surface area contributed by atoms with Gasteiger partial charge in [-0.3, -0.25) is 4.79 Å². The van der Waals surface area contributed by atoms with E-state index in [-0.39, 0.29) is 44.3 Å². The number of carbonyl (C=O) groups is 1. The van der Waals surface area contributed by atoms with Crippen LogP contribution < -0.4 is 4.74 Å². The largest absolute Gasteiger partial charge is 0.491 e. The van der Waals surface area contributed by atoms with Gasteiger partial charge in [0.25, 0.3) is 5.09 Å². The summed E-state index contributed by atoms with van der Waals surface area (Å²) in [6.07, 6.45) is 1.15. The number of benzene rings is 1. The van der Waals surface area contributed by atoms with Crippen LogP contribution in [0, 0.1) is 22.0 Å². The van der Waals surface area contributed by atoms with Gasteiger partial charge in [0.1, 0.15) is 31.7 Å². The topological polar surface area (TPSA) is 149 Å². The Kier molecular flexibility index (Phi) is 12.5. The summed E-state index contributed by atoms with van der Waals surface area (Å²) in [5.74, 6) is -1.31. The first kappa shape index (κ1) is 31.1. The molecule has 0 aliphatic heterocycles. The molecule has 3 N–H and O–H groups in total. The van der Waals surface area contributed by atoms with E-state index in [1.165, 1.54) is 18.2 Å². The van der Waals surface area contributed by atoms with E-state index in [9.17, 15) is 43.4 Å². The SMILES string of the molecule is O=C(CCC/C=C\C[C@@H]1[C@@H](/C=C/[C@@H](O)COc2cccc(C(F)(F)F)c2)[C@H](O)C[C@@H]1O)OCCO[N+](=O)[O-]. The third kappa shape index (κ3) is 11.1. The van der Waals surface area contributed by atoms with Gasteiger partial charge in [-0.2, -0.15) is 13.2 Å². The summed E-state index contributed by atoms with van der Waals surface area (Å²) in [6, 6.07) is 4.31. The van der Waals surface area contributed by atoms with Gasteiger partial charge in [-0.1, -0.05) is 30.4 Å². The summed E-state index contributed by atoms with van der Waals surface area (Å²) < 4.78 is 48.5. The molecule has 1 saturated carbocycles. The number of hydrogen-bond donors (Lipinski definition) is 3. The zero-order valence-corrected chi connectivity index (χ0v) is 20.5. The lowest BCUT2D eigenvalue weighted by atomic mass is 9.89. The van der Waals surface area contributed by atoms with Crippen LogP contribution in [0.4, 0.5) is 13.2 Å². The van der Waals surface area contributed by atoms with E-state index in [1.807, 2.05) is 12.2 Å². The number of hydrogen-bond acceptors (Lipinski definition) is 9. The number of rotatable bonds is 15. The Hall–Kier alpha value is -3.16. The van der Waals surface area contributed by atoms with Crippen LogP contribution in [0.25, 0.3) is 0 Å². The molecule has 1 fully saturated rings. The Morgan fingerprint density at radius 3 is 2.68 bits per heavy atom. The van der Waals surface area contributed by atoms with Crippen molar-refractivity contribution in [2.45, 2.75) is 56.6 Å². The summed E-state index contributed by atoms with van der Waals surface area (Å²) >= 11 is 0. The van der Waals surface area contributed by atoms with Crippen LogP contribution in [0.3, 0.4) is 0 Å². The highest BCUT2D eigenvalue weighted by atomic mass is 19.4. The lowest BCUT2D eigenvalue weighted by Crippen LogP contribution is -2.21. The van der Waals surface area contributed by atoms with Crippen molar-refractivity contribution in [2.75, 3.05) is 19.8 Å². The van der Waals surface area contributed by atoms with E-state index in [0.29, 0.717) is 19.3 Å². The van der Waals surface area contributed by atoms with Crippen LogP contribution in [0.2, 0.25) is 0 Å². The zero-order valence-electron chi connectivity index (χ0n) is 20.5. The van der Waals surface area contributed by atoms with Crippen molar-refractivity contribution >= 4 is 5.97 Å². The smallest absolute Gasteiger partial charge is 0.416 e. The first-order chi connectivity index (χ1) is 18.0. The number of alkyl halides is 3. The second-order valence-corrected chi connectivity index (χ2v) is 8.78. The van der Waals surface area contributed by atoms with Gasteiger partial charge in [0.2, 0.25) is 0 Å². The van der Waals surface area contributed by atoms with Gasteiger partial charge in [0, 0.05) is 18.8 Å². The molecule has 0 bridgehead atoms. The summed E-state index contributed by atoms with van der Waals surface area (Å²) in [5, 5.41) is 39.9. The standard InChI is InChI=1S/C25H32F3NO9/c26-25(27,28)17-6-5-7-19(14-17)37-16-18(30)10-11-21-20(22(31)15-23(21)32)8-3-1-2-4-9-24(33)36-12-13-38-29(34)35/h1,3,5-7,10-11,14,18,20-23,30-32H,2,4,8-9,12-13,15-16H2/b3-1-,11-10+/t18-,20-,21-,22+,23-/m1/s1.